The Morgan fingerprint density at radius 2 is 2.18 bits per heavy atom. The van der Waals surface area contributed by atoms with Gasteiger partial charge >= 0.3 is 0 Å². The fourth-order valence-corrected chi connectivity index (χ4v) is 1.94. The predicted octanol–water partition coefficient (Wildman–Crippen LogP) is 1.97. The van der Waals surface area contributed by atoms with E-state index in [2.05, 4.69) is 42.3 Å². The minimum Gasteiger partial charge on any atom is -0.381 e. The molecule has 0 amide bonds. The van der Waals surface area contributed by atoms with Crippen LogP contribution in [0, 0.1) is 5.92 Å². The first-order chi connectivity index (χ1) is 8.11. The number of imidazole rings is 1. The average Bonchev–Trinajstić information content (AvgIpc) is 2.67. The van der Waals surface area contributed by atoms with Gasteiger partial charge in [-0.3, -0.25) is 0 Å². The molecule has 1 aromatic heterocycles. The van der Waals surface area contributed by atoms with Crippen molar-refractivity contribution in [3.05, 3.63) is 24.5 Å². The van der Waals surface area contributed by atoms with Crippen molar-refractivity contribution in [2.45, 2.75) is 19.9 Å². The normalized spacial score (nSPS) is 13.2. The van der Waals surface area contributed by atoms with Gasteiger partial charge in [0, 0.05) is 25.3 Å². The highest BCUT2D eigenvalue weighted by Gasteiger charge is 2.11. The standard InChI is InChI=1S/C13H20N4/c1-9(2)12(7-14)16-10-4-5-13-11(6-10)15-8-17(13)3/h4-6,8-9,12,16H,7,14H2,1-3H3. The Labute approximate surface area is 102 Å². The molecule has 0 aliphatic rings. The van der Waals surface area contributed by atoms with E-state index in [1.807, 2.05) is 17.9 Å². The maximum absolute atomic E-state index is 5.76. The van der Waals surface area contributed by atoms with Gasteiger partial charge in [0.15, 0.2) is 0 Å². The Balaban J connectivity index is 2.24. The second-order valence-corrected chi connectivity index (χ2v) is 4.79. The van der Waals surface area contributed by atoms with Crippen LogP contribution < -0.4 is 11.1 Å². The molecule has 0 aliphatic carbocycles. The van der Waals surface area contributed by atoms with Crippen LogP contribution in [0.5, 0.6) is 0 Å². The first-order valence-electron chi connectivity index (χ1n) is 5.99. The van der Waals surface area contributed by atoms with Gasteiger partial charge in [-0.1, -0.05) is 13.8 Å². The number of aryl methyl sites for hydroxylation is 1. The molecule has 0 saturated heterocycles. The highest BCUT2D eigenvalue weighted by Crippen LogP contribution is 2.19. The summed E-state index contributed by atoms with van der Waals surface area (Å²) in [6, 6.07) is 6.53. The van der Waals surface area contributed by atoms with Crippen molar-refractivity contribution >= 4 is 16.7 Å². The summed E-state index contributed by atoms with van der Waals surface area (Å²) in [5.41, 5.74) is 8.99. The number of hydrogen-bond acceptors (Lipinski definition) is 3. The SMILES string of the molecule is CC(C)C(CN)Nc1ccc2c(c1)ncn2C. The van der Waals surface area contributed by atoms with Crippen LogP contribution in [0.3, 0.4) is 0 Å². The lowest BCUT2D eigenvalue weighted by molar-refractivity contribution is 0.531. The lowest BCUT2D eigenvalue weighted by atomic mass is 10.0. The van der Waals surface area contributed by atoms with Crippen LogP contribution in [-0.2, 0) is 7.05 Å². The quantitative estimate of drug-likeness (QED) is 0.847. The Kier molecular flexibility index (Phi) is 3.33. The molecule has 1 atom stereocenters. The van der Waals surface area contributed by atoms with Crippen LogP contribution in [0.1, 0.15) is 13.8 Å². The fraction of sp³-hybridized carbons (Fsp3) is 0.462. The summed E-state index contributed by atoms with van der Waals surface area (Å²) in [5, 5.41) is 3.46. The van der Waals surface area contributed by atoms with Crippen LogP contribution in [0.15, 0.2) is 24.5 Å². The molecule has 1 unspecified atom stereocenters. The Morgan fingerprint density at radius 3 is 2.82 bits per heavy atom. The minimum absolute atomic E-state index is 0.302. The van der Waals surface area contributed by atoms with Gasteiger partial charge in [0.25, 0.3) is 0 Å². The van der Waals surface area contributed by atoms with E-state index < -0.39 is 0 Å². The van der Waals surface area contributed by atoms with Crippen LogP contribution >= 0.6 is 0 Å². The third-order valence-electron chi connectivity index (χ3n) is 3.14. The third-order valence-corrected chi connectivity index (χ3v) is 3.14. The number of fused-ring (bicyclic) bond motifs is 1. The molecule has 17 heavy (non-hydrogen) atoms. The number of anilines is 1. The van der Waals surface area contributed by atoms with E-state index >= 15 is 0 Å². The molecule has 0 radical (unpaired) electrons. The fourth-order valence-electron chi connectivity index (χ4n) is 1.94. The Morgan fingerprint density at radius 1 is 1.41 bits per heavy atom. The zero-order valence-electron chi connectivity index (χ0n) is 10.6. The summed E-state index contributed by atoms with van der Waals surface area (Å²) in [7, 11) is 2.00. The summed E-state index contributed by atoms with van der Waals surface area (Å²) in [6.45, 7) is 4.98. The lowest BCUT2D eigenvalue weighted by Gasteiger charge is -2.21. The van der Waals surface area contributed by atoms with Crippen LogP contribution in [-0.4, -0.2) is 22.1 Å². The van der Waals surface area contributed by atoms with Gasteiger partial charge in [-0.2, -0.15) is 0 Å². The summed E-state index contributed by atoms with van der Waals surface area (Å²) < 4.78 is 2.02. The summed E-state index contributed by atoms with van der Waals surface area (Å²) >= 11 is 0. The molecular formula is C13H20N4. The molecule has 0 spiro atoms. The Hall–Kier alpha value is -1.55. The molecule has 1 aromatic carbocycles. The number of aromatic nitrogens is 2. The van der Waals surface area contributed by atoms with E-state index in [0.29, 0.717) is 18.5 Å². The molecule has 4 heteroatoms. The summed E-state index contributed by atoms with van der Waals surface area (Å²) in [5.74, 6) is 0.513. The smallest absolute Gasteiger partial charge is 0.0955 e. The number of nitrogens with zero attached hydrogens (tertiary/aromatic N) is 2. The first kappa shape index (κ1) is 11.9. The second kappa shape index (κ2) is 4.75. The Bertz CT molecular complexity index is 501. The van der Waals surface area contributed by atoms with Crippen molar-refractivity contribution in [3.8, 4) is 0 Å². The summed E-state index contributed by atoms with van der Waals surface area (Å²) in [6.07, 6.45) is 1.83. The average molecular weight is 232 g/mol. The van der Waals surface area contributed by atoms with Crippen LogP contribution in [0.4, 0.5) is 5.69 Å². The van der Waals surface area contributed by atoms with Gasteiger partial charge in [-0.25, -0.2) is 4.98 Å². The van der Waals surface area contributed by atoms with Gasteiger partial charge < -0.3 is 15.6 Å². The van der Waals surface area contributed by atoms with Crippen molar-refractivity contribution in [2.75, 3.05) is 11.9 Å². The number of benzene rings is 1. The molecular weight excluding hydrogens is 212 g/mol. The second-order valence-electron chi connectivity index (χ2n) is 4.79. The number of hydrogen-bond donors (Lipinski definition) is 2. The molecule has 92 valence electrons. The van der Waals surface area contributed by atoms with Gasteiger partial charge in [-0.05, 0) is 24.1 Å². The molecule has 0 fully saturated rings. The topological polar surface area (TPSA) is 55.9 Å². The van der Waals surface area contributed by atoms with Crippen molar-refractivity contribution in [2.24, 2.45) is 18.7 Å². The molecule has 2 rings (SSSR count). The van der Waals surface area contributed by atoms with E-state index in [1.54, 1.807) is 0 Å². The van der Waals surface area contributed by atoms with Crippen molar-refractivity contribution in [1.29, 1.82) is 0 Å². The van der Waals surface area contributed by atoms with Gasteiger partial charge in [0.1, 0.15) is 0 Å². The van der Waals surface area contributed by atoms with Gasteiger partial charge in [-0.15, -0.1) is 0 Å². The molecule has 0 bridgehead atoms. The predicted molar refractivity (Wildman–Crippen MR) is 72.0 cm³/mol. The van der Waals surface area contributed by atoms with Crippen molar-refractivity contribution in [1.82, 2.24) is 9.55 Å². The highest BCUT2D eigenvalue weighted by atomic mass is 15.0. The summed E-state index contributed by atoms with van der Waals surface area (Å²) in [4.78, 5) is 4.35. The van der Waals surface area contributed by atoms with Gasteiger partial charge in [0.2, 0.25) is 0 Å². The zero-order chi connectivity index (χ0) is 12.4. The molecule has 3 N–H and O–H groups in total. The highest BCUT2D eigenvalue weighted by molar-refractivity contribution is 5.79. The number of nitrogens with two attached hydrogens (primary N) is 1. The molecule has 2 aromatic rings. The molecule has 0 aliphatic heterocycles. The maximum Gasteiger partial charge on any atom is 0.0955 e. The largest absolute Gasteiger partial charge is 0.381 e. The molecule has 4 nitrogen and oxygen atoms in total. The number of rotatable bonds is 4. The van der Waals surface area contributed by atoms with E-state index in [-0.39, 0.29) is 0 Å². The van der Waals surface area contributed by atoms with Crippen molar-refractivity contribution in [3.63, 3.8) is 0 Å². The minimum atomic E-state index is 0.302. The monoisotopic (exact) mass is 232 g/mol. The zero-order valence-corrected chi connectivity index (χ0v) is 10.6. The first-order valence-corrected chi connectivity index (χ1v) is 5.99. The van der Waals surface area contributed by atoms with E-state index in [1.165, 1.54) is 0 Å². The van der Waals surface area contributed by atoms with E-state index in [0.717, 1.165) is 16.7 Å². The van der Waals surface area contributed by atoms with Crippen LogP contribution in [0.25, 0.3) is 11.0 Å². The van der Waals surface area contributed by atoms with Crippen LogP contribution in [0.2, 0.25) is 0 Å². The van der Waals surface area contributed by atoms with Crippen molar-refractivity contribution < 1.29 is 0 Å². The lowest BCUT2D eigenvalue weighted by Crippen LogP contribution is -2.33. The number of nitrogens with one attached hydrogen (secondary N) is 1. The maximum atomic E-state index is 5.76. The third kappa shape index (κ3) is 2.42. The van der Waals surface area contributed by atoms with E-state index in [4.69, 9.17) is 5.73 Å². The van der Waals surface area contributed by atoms with E-state index in [9.17, 15) is 0 Å². The van der Waals surface area contributed by atoms with Gasteiger partial charge in [0.05, 0.1) is 17.4 Å². The molecule has 1 heterocycles. The molecule has 0 saturated carbocycles.